The maximum atomic E-state index is 4.80. The largest absolute Gasteiger partial charge is 1.00 e. The van der Waals surface area contributed by atoms with E-state index in [0.717, 1.165) is 18.5 Å². The molecule has 102 valence electrons. The smallest absolute Gasteiger partial charge is 0.0726 e. The topological polar surface area (TPSA) is 24.9 Å². The molecule has 1 N–H and O–H groups in total. The zero-order valence-corrected chi connectivity index (χ0v) is 12.3. The van der Waals surface area contributed by atoms with Crippen LogP contribution in [0.1, 0.15) is 31.5 Å². The van der Waals surface area contributed by atoms with Crippen LogP contribution in [-0.2, 0) is 12.8 Å². The first-order valence-electron chi connectivity index (χ1n) is 6.90. The maximum Gasteiger partial charge on any atom is 0.0726 e. The van der Waals surface area contributed by atoms with Crippen LogP contribution in [0.2, 0.25) is 0 Å². The van der Waals surface area contributed by atoms with Crippen LogP contribution < -0.4 is 17.7 Å². The van der Waals surface area contributed by atoms with Gasteiger partial charge in [-0.1, -0.05) is 32.0 Å². The normalized spacial score (nSPS) is 13.4. The van der Waals surface area contributed by atoms with E-state index in [9.17, 15) is 0 Å². The molecule has 3 heteroatoms. The number of aromatic nitrogens is 1. The predicted molar refractivity (Wildman–Crippen MR) is 77.1 cm³/mol. The number of aryl methyl sites for hydroxylation is 1. The lowest BCUT2D eigenvalue weighted by Crippen LogP contribution is -3.00. The van der Waals surface area contributed by atoms with Gasteiger partial charge in [0.05, 0.1) is 5.52 Å². The van der Waals surface area contributed by atoms with Gasteiger partial charge >= 0.3 is 0 Å². The molecule has 3 rings (SSSR count). The van der Waals surface area contributed by atoms with Gasteiger partial charge in [-0.2, -0.15) is 0 Å². The molecule has 0 saturated carbocycles. The molecule has 1 aliphatic carbocycles. The van der Waals surface area contributed by atoms with E-state index in [4.69, 9.17) is 4.98 Å². The number of para-hydroxylation sites is 1. The molecule has 1 aliphatic rings. The summed E-state index contributed by atoms with van der Waals surface area (Å²) in [6, 6.07) is 8.48. The van der Waals surface area contributed by atoms with E-state index in [1.54, 1.807) is 0 Å². The molecule has 0 aliphatic heterocycles. The van der Waals surface area contributed by atoms with Gasteiger partial charge in [-0.15, -0.1) is 0 Å². The van der Waals surface area contributed by atoms with Crippen molar-refractivity contribution >= 4 is 16.6 Å². The first kappa shape index (κ1) is 14.1. The molecule has 0 unspecified atom stereocenters. The molecule has 2 nitrogen and oxygen atoms in total. The predicted octanol–water partition coefficient (Wildman–Crippen LogP) is 0.795. The highest BCUT2D eigenvalue weighted by molar-refractivity contribution is 5.93. The van der Waals surface area contributed by atoms with Crippen molar-refractivity contribution in [2.45, 2.75) is 33.1 Å². The van der Waals surface area contributed by atoms with Crippen LogP contribution in [-0.4, -0.2) is 11.5 Å². The monoisotopic (exact) mass is 275 g/mol. The van der Waals surface area contributed by atoms with Crippen molar-refractivity contribution < 1.29 is 12.4 Å². The Labute approximate surface area is 121 Å². The van der Waals surface area contributed by atoms with Gasteiger partial charge in [0.2, 0.25) is 0 Å². The summed E-state index contributed by atoms with van der Waals surface area (Å²) in [7, 11) is 0. The fourth-order valence-electron chi connectivity index (χ4n) is 2.72. The lowest BCUT2D eigenvalue weighted by atomic mass is 10.1. The van der Waals surface area contributed by atoms with Crippen LogP contribution in [0, 0.1) is 5.92 Å². The molecule has 19 heavy (non-hydrogen) atoms. The van der Waals surface area contributed by atoms with Gasteiger partial charge in [-0.3, -0.25) is 4.98 Å². The molecule has 1 aromatic carbocycles. The molecule has 0 spiro atoms. The molecule has 0 fully saturated rings. The zero-order chi connectivity index (χ0) is 12.5. The first-order valence-corrected chi connectivity index (χ1v) is 6.90. The molecular weight excluding hydrogens is 256 g/mol. The Morgan fingerprint density at radius 1 is 1.21 bits per heavy atom. The van der Waals surface area contributed by atoms with Crippen LogP contribution in [0.3, 0.4) is 0 Å². The molecule has 0 bridgehead atoms. The lowest BCUT2D eigenvalue weighted by Gasteiger charge is -2.16. The summed E-state index contributed by atoms with van der Waals surface area (Å²) < 4.78 is 0. The van der Waals surface area contributed by atoms with Crippen LogP contribution in [0.4, 0.5) is 5.69 Å². The van der Waals surface area contributed by atoms with Gasteiger partial charge in [0.25, 0.3) is 0 Å². The highest BCUT2D eigenvalue weighted by Gasteiger charge is 2.19. The number of halogens is 1. The Bertz CT molecular complexity index is 578. The van der Waals surface area contributed by atoms with Gasteiger partial charge in [0.15, 0.2) is 0 Å². The minimum Gasteiger partial charge on any atom is -1.00 e. The Hall–Kier alpha value is -1.28. The minimum absolute atomic E-state index is 0. The van der Waals surface area contributed by atoms with Gasteiger partial charge < -0.3 is 17.7 Å². The van der Waals surface area contributed by atoms with Crippen molar-refractivity contribution in [1.29, 1.82) is 0 Å². The molecule has 1 aromatic heterocycles. The molecule has 0 saturated heterocycles. The number of hydrogen-bond acceptors (Lipinski definition) is 2. The number of nitrogens with one attached hydrogen (secondary N) is 1. The summed E-state index contributed by atoms with van der Waals surface area (Å²) in [6.07, 6.45) is 3.55. The minimum atomic E-state index is 0. The number of rotatable bonds is 3. The Kier molecular flexibility index (Phi) is 4.31. The van der Waals surface area contributed by atoms with Gasteiger partial charge in [0.1, 0.15) is 0 Å². The fraction of sp³-hybridized carbons (Fsp3) is 0.438. The second-order valence-electron chi connectivity index (χ2n) is 5.56. The SMILES string of the molecule is CC(C)CNc1c2c(nc3ccccc13)CCC2.[Cl-]. The second kappa shape index (κ2) is 5.79. The van der Waals surface area contributed by atoms with E-state index in [1.165, 1.54) is 35.2 Å². The molecule has 0 amide bonds. The van der Waals surface area contributed by atoms with Crippen LogP contribution in [0.25, 0.3) is 10.9 Å². The summed E-state index contributed by atoms with van der Waals surface area (Å²) in [5.41, 5.74) is 5.22. The second-order valence-corrected chi connectivity index (χ2v) is 5.56. The third-order valence-corrected chi connectivity index (χ3v) is 3.61. The summed E-state index contributed by atoms with van der Waals surface area (Å²) in [5.74, 6) is 0.661. The average molecular weight is 276 g/mol. The Morgan fingerprint density at radius 2 is 2.00 bits per heavy atom. The van der Waals surface area contributed by atoms with Crippen LogP contribution in [0.15, 0.2) is 24.3 Å². The van der Waals surface area contributed by atoms with Gasteiger partial charge in [-0.05, 0) is 36.8 Å². The Balaban J connectivity index is 0.00000133. The third kappa shape index (κ3) is 2.69. The van der Waals surface area contributed by atoms with Crippen molar-refractivity contribution in [3.05, 3.63) is 35.5 Å². The van der Waals surface area contributed by atoms with Crippen LogP contribution >= 0.6 is 0 Å². The molecule has 1 heterocycles. The average Bonchev–Trinajstić information content (AvgIpc) is 2.82. The standard InChI is InChI=1S/C16H20N2.ClH/c1-11(2)10-17-16-12-6-3-4-8-14(12)18-15-9-5-7-13(15)16;/h3-4,6,8,11H,5,7,9-10H2,1-2H3,(H,17,18);1H/p-1. The number of pyridine rings is 1. The number of benzene rings is 1. The van der Waals surface area contributed by atoms with Gasteiger partial charge in [-0.25, -0.2) is 0 Å². The summed E-state index contributed by atoms with van der Waals surface area (Å²) in [4.78, 5) is 4.80. The van der Waals surface area contributed by atoms with Crippen molar-refractivity contribution in [1.82, 2.24) is 4.98 Å². The fourth-order valence-corrected chi connectivity index (χ4v) is 2.72. The summed E-state index contributed by atoms with van der Waals surface area (Å²) in [6.45, 7) is 5.52. The number of nitrogens with zero attached hydrogens (tertiary/aromatic N) is 1. The molecule has 0 atom stereocenters. The quantitative estimate of drug-likeness (QED) is 0.896. The van der Waals surface area contributed by atoms with E-state index in [-0.39, 0.29) is 12.4 Å². The third-order valence-electron chi connectivity index (χ3n) is 3.61. The van der Waals surface area contributed by atoms with Gasteiger partial charge in [0, 0.05) is 23.3 Å². The van der Waals surface area contributed by atoms with Crippen molar-refractivity contribution in [2.24, 2.45) is 5.92 Å². The molecule has 2 aromatic rings. The van der Waals surface area contributed by atoms with E-state index >= 15 is 0 Å². The number of anilines is 1. The first-order chi connectivity index (χ1) is 8.75. The molecule has 0 radical (unpaired) electrons. The van der Waals surface area contributed by atoms with Crippen LogP contribution in [0.5, 0.6) is 0 Å². The van der Waals surface area contributed by atoms with Crippen molar-refractivity contribution in [2.75, 3.05) is 11.9 Å². The lowest BCUT2D eigenvalue weighted by molar-refractivity contribution is -0.00000386. The highest BCUT2D eigenvalue weighted by atomic mass is 35.5. The summed E-state index contributed by atoms with van der Waals surface area (Å²) in [5, 5.41) is 4.92. The van der Waals surface area contributed by atoms with Crippen molar-refractivity contribution in [3.63, 3.8) is 0 Å². The maximum absolute atomic E-state index is 4.80. The van der Waals surface area contributed by atoms with E-state index in [2.05, 4.69) is 43.4 Å². The highest BCUT2D eigenvalue weighted by Crippen LogP contribution is 2.33. The zero-order valence-electron chi connectivity index (χ0n) is 11.5. The van der Waals surface area contributed by atoms with E-state index in [0.29, 0.717) is 5.92 Å². The number of fused-ring (bicyclic) bond motifs is 2. The Morgan fingerprint density at radius 3 is 2.79 bits per heavy atom. The van der Waals surface area contributed by atoms with Crippen molar-refractivity contribution in [3.8, 4) is 0 Å². The summed E-state index contributed by atoms with van der Waals surface area (Å²) >= 11 is 0. The number of hydrogen-bond donors (Lipinski definition) is 1. The van der Waals surface area contributed by atoms with E-state index < -0.39 is 0 Å². The molecular formula is C16H20ClN2-. The van der Waals surface area contributed by atoms with E-state index in [1.807, 2.05) is 0 Å².